The van der Waals surface area contributed by atoms with Crippen LogP contribution in [-0.2, 0) is 19.5 Å². The number of rotatable bonds is 3. The fourth-order valence-corrected chi connectivity index (χ4v) is 3.15. The molecular formula is C17H16Cl3N2+. The van der Waals surface area contributed by atoms with Crippen molar-refractivity contribution < 1.29 is 4.57 Å². The van der Waals surface area contributed by atoms with Crippen LogP contribution < -0.4 is 4.57 Å². The predicted octanol–water partition coefficient (Wildman–Crippen LogP) is 4.87. The third-order valence-electron chi connectivity index (χ3n) is 4.06. The second-order valence-electron chi connectivity index (χ2n) is 5.40. The Kier molecular flexibility index (Phi) is 4.35. The van der Waals surface area contributed by atoms with Crippen molar-refractivity contribution in [1.29, 1.82) is 0 Å². The second-order valence-corrected chi connectivity index (χ2v) is 6.48. The predicted molar refractivity (Wildman–Crippen MR) is 93.0 cm³/mol. The van der Waals surface area contributed by atoms with E-state index in [2.05, 4.69) is 40.3 Å². The van der Waals surface area contributed by atoms with E-state index in [4.69, 9.17) is 34.8 Å². The minimum Gasteiger partial charge on any atom is -0.230 e. The maximum absolute atomic E-state index is 6.19. The fraction of sp³-hybridized carbons (Fsp3) is 0.235. The van der Waals surface area contributed by atoms with Crippen LogP contribution in [-0.4, -0.2) is 4.57 Å². The summed E-state index contributed by atoms with van der Waals surface area (Å²) in [6.45, 7) is 2.87. The molecule has 0 unspecified atom stereocenters. The molecule has 0 saturated carbocycles. The lowest BCUT2D eigenvalue weighted by Crippen LogP contribution is -2.31. The summed E-state index contributed by atoms with van der Waals surface area (Å²) in [5, 5.41) is 1.15. The lowest BCUT2D eigenvalue weighted by atomic mass is 10.1. The number of hydrogen-bond acceptors (Lipinski definition) is 0. The van der Waals surface area contributed by atoms with E-state index < -0.39 is 0 Å². The molecule has 1 aromatic heterocycles. The normalized spacial score (nSPS) is 11.3. The zero-order valence-electron chi connectivity index (χ0n) is 12.4. The quantitative estimate of drug-likeness (QED) is 0.469. The average molecular weight is 355 g/mol. The molecule has 0 aliphatic heterocycles. The molecule has 5 heteroatoms. The Morgan fingerprint density at radius 1 is 1.00 bits per heavy atom. The van der Waals surface area contributed by atoms with Gasteiger partial charge in [-0.1, -0.05) is 47.5 Å². The van der Waals surface area contributed by atoms with Crippen molar-refractivity contribution in [3.8, 4) is 0 Å². The molecular weight excluding hydrogens is 339 g/mol. The van der Waals surface area contributed by atoms with Gasteiger partial charge in [0.2, 0.25) is 0 Å². The van der Waals surface area contributed by atoms with Crippen LogP contribution in [0.5, 0.6) is 0 Å². The Morgan fingerprint density at radius 3 is 2.23 bits per heavy atom. The lowest BCUT2D eigenvalue weighted by molar-refractivity contribution is -0.652. The molecule has 0 saturated heterocycles. The minimum absolute atomic E-state index is 0.537. The summed E-state index contributed by atoms with van der Waals surface area (Å²) in [5.41, 5.74) is 4.50. The molecule has 2 aromatic carbocycles. The van der Waals surface area contributed by atoms with E-state index in [1.54, 1.807) is 0 Å². The molecule has 0 aliphatic rings. The summed E-state index contributed by atoms with van der Waals surface area (Å²) in [6.07, 6.45) is 0. The van der Waals surface area contributed by atoms with Gasteiger partial charge in [0.1, 0.15) is 6.54 Å². The number of fused-ring (bicyclic) bond motifs is 1. The molecule has 0 amide bonds. The first kappa shape index (κ1) is 15.7. The zero-order valence-corrected chi connectivity index (χ0v) is 14.7. The summed E-state index contributed by atoms with van der Waals surface area (Å²) in [6, 6.07) is 12.2. The average Bonchev–Trinajstić information content (AvgIpc) is 2.74. The summed E-state index contributed by atoms with van der Waals surface area (Å²) in [5.74, 6) is 1.68. The highest BCUT2D eigenvalue weighted by Gasteiger charge is 2.21. The first-order chi connectivity index (χ1) is 10.5. The SMILES string of the molecule is Cc1n(Cc2ccc(CCl)cc2)c2cc(Cl)c(Cl)cc2[n+]1C. The standard InChI is InChI=1S/C17H16Cl3N2/c1-11-21(2)16-7-14(19)15(20)8-17(16)22(11)10-13-5-3-12(9-18)4-6-13/h3-8H,9-10H2,1-2H3/q+1. The monoisotopic (exact) mass is 353 g/mol. The third-order valence-corrected chi connectivity index (χ3v) is 5.09. The first-order valence-electron chi connectivity index (χ1n) is 6.99. The van der Waals surface area contributed by atoms with Gasteiger partial charge in [-0.25, -0.2) is 9.13 Å². The topological polar surface area (TPSA) is 8.81 Å². The molecule has 0 N–H and O–H groups in total. The van der Waals surface area contributed by atoms with Crippen molar-refractivity contribution in [2.75, 3.05) is 0 Å². The highest BCUT2D eigenvalue weighted by molar-refractivity contribution is 6.42. The van der Waals surface area contributed by atoms with Gasteiger partial charge in [0.15, 0.2) is 11.0 Å². The largest absolute Gasteiger partial charge is 0.254 e. The van der Waals surface area contributed by atoms with E-state index >= 15 is 0 Å². The minimum atomic E-state index is 0.537. The molecule has 3 rings (SSSR count). The lowest BCUT2D eigenvalue weighted by Gasteiger charge is -2.03. The van der Waals surface area contributed by atoms with Gasteiger partial charge in [-0.05, 0) is 11.1 Å². The molecule has 0 fully saturated rings. The molecule has 2 nitrogen and oxygen atoms in total. The number of aryl methyl sites for hydroxylation is 1. The summed E-state index contributed by atoms with van der Waals surface area (Å²) < 4.78 is 4.37. The smallest absolute Gasteiger partial charge is 0.230 e. The van der Waals surface area contributed by atoms with Crippen molar-refractivity contribution in [2.24, 2.45) is 7.05 Å². The van der Waals surface area contributed by atoms with Gasteiger partial charge in [-0.3, -0.25) is 0 Å². The number of nitrogens with zero attached hydrogens (tertiary/aromatic N) is 2. The van der Waals surface area contributed by atoms with Crippen molar-refractivity contribution in [3.05, 3.63) is 63.4 Å². The Balaban J connectivity index is 2.09. The van der Waals surface area contributed by atoms with E-state index in [1.165, 1.54) is 5.56 Å². The Hall–Kier alpha value is -1.22. The van der Waals surface area contributed by atoms with Crippen molar-refractivity contribution >= 4 is 45.8 Å². The van der Waals surface area contributed by atoms with Crippen LogP contribution in [0.4, 0.5) is 0 Å². The van der Waals surface area contributed by atoms with E-state index in [0.717, 1.165) is 29.0 Å². The maximum atomic E-state index is 6.19. The van der Waals surface area contributed by atoms with Crippen LogP contribution in [0, 0.1) is 6.92 Å². The van der Waals surface area contributed by atoms with Crippen molar-refractivity contribution in [2.45, 2.75) is 19.3 Å². The number of imidazole rings is 1. The molecule has 0 atom stereocenters. The van der Waals surface area contributed by atoms with E-state index in [-0.39, 0.29) is 0 Å². The second kappa shape index (κ2) is 6.11. The third kappa shape index (κ3) is 2.71. The Labute approximate surface area is 144 Å². The van der Waals surface area contributed by atoms with Gasteiger partial charge < -0.3 is 0 Å². The van der Waals surface area contributed by atoms with E-state index in [1.807, 2.05) is 19.2 Å². The number of aromatic nitrogens is 2. The Morgan fingerprint density at radius 2 is 1.59 bits per heavy atom. The molecule has 0 bridgehead atoms. The van der Waals surface area contributed by atoms with Crippen LogP contribution in [0.2, 0.25) is 10.0 Å². The summed E-state index contributed by atoms with van der Waals surface area (Å²) >= 11 is 18.2. The van der Waals surface area contributed by atoms with Crippen LogP contribution in [0.25, 0.3) is 11.0 Å². The van der Waals surface area contributed by atoms with Gasteiger partial charge in [0.05, 0.1) is 17.1 Å². The first-order valence-corrected chi connectivity index (χ1v) is 8.28. The molecule has 114 valence electrons. The van der Waals surface area contributed by atoms with Gasteiger partial charge in [0, 0.05) is 24.9 Å². The number of halogens is 3. The summed E-state index contributed by atoms with van der Waals surface area (Å²) in [7, 11) is 2.04. The van der Waals surface area contributed by atoms with Crippen LogP contribution >= 0.6 is 34.8 Å². The molecule has 0 spiro atoms. The molecule has 0 radical (unpaired) electrons. The Bertz CT molecular complexity index is 835. The van der Waals surface area contributed by atoms with Crippen LogP contribution in [0.1, 0.15) is 17.0 Å². The van der Waals surface area contributed by atoms with E-state index in [9.17, 15) is 0 Å². The van der Waals surface area contributed by atoms with Crippen molar-refractivity contribution in [3.63, 3.8) is 0 Å². The zero-order chi connectivity index (χ0) is 15.9. The van der Waals surface area contributed by atoms with Crippen LogP contribution in [0.15, 0.2) is 36.4 Å². The maximum Gasteiger partial charge on any atom is 0.254 e. The highest BCUT2D eigenvalue weighted by Crippen LogP contribution is 2.28. The van der Waals surface area contributed by atoms with Gasteiger partial charge >= 0.3 is 0 Å². The molecule has 1 heterocycles. The van der Waals surface area contributed by atoms with E-state index in [0.29, 0.717) is 15.9 Å². The molecule has 3 aromatic rings. The molecule has 0 aliphatic carbocycles. The number of benzene rings is 2. The highest BCUT2D eigenvalue weighted by atomic mass is 35.5. The van der Waals surface area contributed by atoms with Gasteiger partial charge in [0.25, 0.3) is 5.82 Å². The van der Waals surface area contributed by atoms with Gasteiger partial charge in [-0.2, -0.15) is 0 Å². The number of alkyl halides is 1. The number of hydrogen-bond donors (Lipinski definition) is 0. The van der Waals surface area contributed by atoms with Crippen molar-refractivity contribution in [1.82, 2.24) is 4.57 Å². The fourth-order valence-electron chi connectivity index (χ4n) is 2.66. The summed E-state index contributed by atoms with van der Waals surface area (Å²) in [4.78, 5) is 0. The van der Waals surface area contributed by atoms with Gasteiger partial charge in [-0.15, -0.1) is 11.6 Å². The molecule has 22 heavy (non-hydrogen) atoms. The van der Waals surface area contributed by atoms with Crippen LogP contribution in [0.3, 0.4) is 0 Å².